The summed E-state index contributed by atoms with van der Waals surface area (Å²) in [5, 5.41) is 0.492. The predicted molar refractivity (Wildman–Crippen MR) is 75.7 cm³/mol. The van der Waals surface area contributed by atoms with Gasteiger partial charge in [-0.25, -0.2) is 8.42 Å². The standard InChI is InChI=1S/C13H11ClN2O3S/c14-11-8-6-10(7-9-11)13(17)15-16-20(18,19)12-4-2-1-3-5-12/h1-9,16H,(H,15,17). The number of carbonyl (C=O) groups excluding carboxylic acids is 1. The Morgan fingerprint density at radius 1 is 0.950 bits per heavy atom. The lowest BCUT2D eigenvalue weighted by molar-refractivity contribution is 0.0945. The summed E-state index contributed by atoms with van der Waals surface area (Å²) >= 11 is 5.70. The monoisotopic (exact) mass is 310 g/mol. The van der Waals surface area contributed by atoms with Crippen LogP contribution in [-0.4, -0.2) is 14.3 Å². The Hall–Kier alpha value is -1.89. The van der Waals surface area contributed by atoms with Crippen LogP contribution in [0.2, 0.25) is 5.02 Å². The zero-order valence-electron chi connectivity index (χ0n) is 10.2. The van der Waals surface area contributed by atoms with E-state index in [-0.39, 0.29) is 4.90 Å². The molecule has 5 nitrogen and oxygen atoms in total. The van der Waals surface area contributed by atoms with Crippen LogP contribution in [0.4, 0.5) is 0 Å². The summed E-state index contributed by atoms with van der Waals surface area (Å²) < 4.78 is 23.8. The van der Waals surface area contributed by atoms with E-state index < -0.39 is 15.9 Å². The van der Waals surface area contributed by atoms with Crippen LogP contribution in [0.3, 0.4) is 0 Å². The van der Waals surface area contributed by atoms with Gasteiger partial charge in [-0.1, -0.05) is 29.8 Å². The van der Waals surface area contributed by atoms with Gasteiger partial charge in [-0.15, -0.1) is 4.83 Å². The Morgan fingerprint density at radius 3 is 2.15 bits per heavy atom. The second-order valence-electron chi connectivity index (χ2n) is 3.88. The lowest BCUT2D eigenvalue weighted by atomic mass is 10.2. The minimum absolute atomic E-state index is 0.0661. The molecule has 0 heterocycles. The van der Waals surface area contributed by atoms with Crippen LogP contribution in [0.15, 0.2) is 59.5 Å². The fourth-order valence-corrected chi connectivity index (χ4v) is 2.43. The zero-order chi connectivity index (χ0) is 14.6. The van der Waals surface area contributed by atoms with E-state index in [9.17, 15) is 13.2 Å². The molecule has 0 fully saturated rings. The number of amides is 1. The summed E-state index contributed by atoms with van der Waals surface area (Å²) in [6, 6.07) is 13.8. The molecular formula is C13H11ClN2O3S. The summed E-state index contributed by atoms with van der Waals surface area (Å²) in [5.41, 5.74) is 2.43. The third-order valence-electron chi connectivity index (χ3n) is 2.46. The van der Waals surface area contributed by atoms with Crippen molar-refractivity contribution in [2.24, 2.45) is 0 Å². The minimum atomic E-state index is -3.78. The molecule has 0 unspecified atom stereocenters. The largest absolute Gasteiger partial charge is 0.273 e. The van der Waals surface area contributed by atoms with Crippen molar-refractivity contribution in [1.82, 2.24) is 10.3 Å². The van der Waals surface area contributed by atoms with Gasteiger partial charge in [-0.2, -0.15) is 0 Å². The number of halogens is 1. The van der Waals surface area contributed by atoms with Crippen LogP contribution in [0.1, 0.15) is 10.4 Å². The summed E-state index contributed by atoms with van der Waals surface area (Å²) in [6.07, 6.45) is 0. The third kappa shape index (κ3) is 3.57. The van der Waals surface area contributed by atoms with E-state index >= 15 is 0 Å². The Labute approximate surface area is 121 Å². The highest BCUT2D eigenvalue weighted by molar-refractivity contribution is 7.89. The van der Waals surface area contributed by atoms with Crippen molar-refractivity contribution in [3.8, 4) is 0 Å². The van der Waals surface area contributed by atoms with Crippen molar-refractivity contribution in [1.29, 1.82) is 0 Å². The molecule has 0 aliphatic carbocycles. The van der Waals surface area contributed by atoms with Gasteiger partial charge < -0.3 is 0 Å². The maximum absolute atomic E-state index is 11.9. The number of sulfonamides is 1. The number of benzene rings is 2. The Kier molecular flexibility index (Phi) is 4.39. The van der Waals surface area contributed by atoms with Crippen molar-refractivity contribution in [3.63, 3.8) is 0 Å². The third-order valence-corrected chi connectivity index (χ3v) is 3.97. The molecule has 0 saturated heterocycles. The molecule has 2 aromatic carbocycles. The Bertz CT molecular complexity index is 700. The van der Waals surface area contributed by atoms with Gasteiger partial charge in [0.25, 0.3) is 15.9 Å². The summed E-state index contributed by atoms with van der Waals surface area (Å²) in [5.74, 6) is -0.568. The molecule has 0 spiro atoms. The van der Waals surface area contributed by atoms with Gasteiger partial charge in [0.2, 0.25) is 0 Å². The van der Waals surface area contributed by atoms with Crippen LogP contribution in [0.5, 0.6) is 0 Å². The van der Waals surface area contributed by atoms with E-state index in [1.165, 1.54) is 24.3 Å². The molecule has 0 atom stereocenters. The van der Waals surface area contributed by atoms with Gasteiger partial charge in [0.05, 0.1) is 4.90 Å². The fourth-order valence-electron chi connectivity index (χ4n) is 1.45. The highest BCUT2D eigenvalue weighted by Gasteiger charge is 2.14. The predicted octanol–water partition coefficient (Wildman–Crippen LogP) is 1.96. The van der Waals surface area contributed by atoms with E-state index in [2.05, 4.69) is 5.43 Å². The van der Waals surface area contributed by atoms with Gasteiger partial charge in [-0.05, 0) is 36.4 Å². The topological polar surface area (TPSA) is 75.3 Å². The fraction of sp³-hybridized carbons (Fsp3) is 0. The first-order valence-corrected chi connectivity index (χ1v) is 7.48. The van der Waals surface area contributed by atoms with E-state index in [4.69, 9.17) is 11.6 Å². The minimum Gasteiger partial charge on any atom is -0.273 e. The molecular weight excluding hydrogens is 300 g/mol. The Balaban J connectivity index is 2.05. The number of hydrogen-bond donors (Lipinski definition) is 2. The number of nitrogens with one attached hydrogen (secondary N) is 2. The average molecular weight is 311 g/mol. The first kappa shape index (κ1) is 14.5. The molecule has 104 valence electrons. The van der Waals surface area contributed by atoms with Crippen LogP contribution >= 0.6 is 11.6 Å². The molecule has 0 bridgehead atoms. The van der Waals surface area contributed by atoms with Gasteiger partial charge in [0.15, 0.2) is 0 Å². The normalized spacial score (nSPS) is 11.1. The summed E-state index contributed by atoms with van der Waals surface area (Å²) in [7, 11) is -3.78. The van der Waals surface area contributed by atoms with Crippen LogP contribution in [-0.2, 0) is 10.0 Å². The average Bonchev–Trinajstić information content (AvgIpc) is 2.46. The SMILES string of the molecule is O=C(NNS(=O)(=O)c1ccccc1)c1ccc(Cl)cc1. The van der Waals surface area contributed by atoms with Gasteiger partial charge in [-0.3, -0.25) is 10.2 Å². The van der Waals surface area contributed by atoms with Crippen LogP contribution < -0.4 is 10.3 Å². The first-order chi connectivity index (χ1) is 9.49. The van der Waals surface area contributed by atoms with Crippen molar-refractivity contribution < 1.29 is 13.2 Å². The van der Waals surface area contributed by atoms with E-state index in [1.54, 1.807) is 30.3 Å². The molecule has 20 heavy (non-hydrogen) atoms. The zero-order valence-corrected chi connectivity index (χ0v) is 11.8. The maximum atomic E-state index is 11.9. The lowest BCUT2D eigenvalue weighted by Gasteiger charge is -2.08. The van der Waals surface area contributed by atoms with E-state index in [0.29, 0.717) is 10.6 Å². The number of hydrazine groups is 1. The first-order valence-electron chi connectivity index (χ1n) is 5.62. The molecule has 1 amide bonds. The second kappa shape index (κ2) is 6.04. The molecule has 0 saturated carbocycles. The second-order valence-corrected chi connectivity index (χ2v) is 6.00. The summed E-state index contributed by atoms with van der Waals surface area (Å²) in [6.45, 7) is 0. The highest BCUT2D eigenvalue weighted by atomic mass is 35.5. The van der Waals surface area contributed by atoms with Gasteiger partial charge in [0, 0.05) is 10.6 Å². The lowest BCUT2D eigenvalue weighted by Crippen LogP contribution is -2.41. The smallest absolute Gasteiger partial charge is 0.266 e. The van der Waals surface area contributed by atoms with Crippen molar-refractivity contribution in [2.45, 2.75) is 4.90 Å². The number of hydrogen-bond acceptors (Lipinski definition) is 3. The van der Waals surface area contributed by atoms with Crippen molar-refractivity contribution >= 4 is 27.5 Å². The van der Waals surface area contributed by atoms with Crippen molar-refractivity contribution in [3.05, 3.63) is 65.2 Å². The van der Waals surface area contributed by atoms with Gasteiger partial charge >= 0.3 is 0 Å². The van der Waals surface area contributed by atoms with Crippen LogP contribution in [0.25, 0.3) is 0 Å². The Morgan fingerprint density at radius 2 is 1.55 bits per heavy atom. The molecule has 0 aromatic heterocycles. The van der Waals surface area contributed by atoms with E-state index in [0.717, 1.165) is 0 Å². The molecule has 0 aliphatic heterocycles. The van der Waals surface area contributed by atoms with E-state index in [1.807, 2.05) is 4.83 Å². The van der Waals surface area contributed by atoms with Gasteiger partial charge in [0.1, 0.15) is 0 Å². The number of rotatable bonds is 4. The molecule has 0 radical (unpaired) electrons. The quantitative estimate of drug-likeness (QED) is 0.848. The van der Waals surface area contributed by atoms with Crippen LogP contribution in [0, 0.1) is 0 Å². The number of carbonyl (C=O) groups is 1. The van der Waals surface area contributed by atoms with Crippen molar-refractivity contribution in [2.75, 3.05) is 0 Å². The molecule has 7 heteroatoms. The highest BCUT2D eigenvalue weighted by Crippen LogP contribution is 2.09. The summed E-state index contributed by atoms with van der Waals surface area (Å²) in [4.78, 5) is 13.8. The molecule has 2 aromatic rings. The molecule has 2 N–H and O–H groups in total. The maximum Gasteiger partial charge on any atom is 0.266 e. The molecule has 0 aliphatic rings. The molecule has 2 rings (SSSR count).